The van der Waals surface area contributed by atoms with E-state index in [1.165, 1.54) is 11.1 Å². The zero-order chi connectivity index (χ0) is 17.6. The Morgan fingerprint density at radius 3 is 2.96 bits per heavy atom. The fraction of sp³-hybridized carbons (Fsp3) is 0.550. The topological polar surface area (TPSA) is 59.2 Å². The minimum Gasteiger partial charge on any atom is -0.342 e. The Hall–Kier alpha value is -2.17. The molecule has 0 spiro atoms. The number of likely N-dealkylation sites (tertiary alicyclic amines) is 1. The minimum atomic E-state index is 0.240. The van der Waals surface area contributed by atoms with Crippen LogP contribution in [0.3, 0.4) is 0 Å². The van der Waals surface area contributed by atoms with Gasteiger partial charge in [-0.3, -0.25) is 4.79 Å². The van der Waals surface area contributed by atoms with E-state index in [1.54, 1.807) is 0 Å². The van der Waals surface area contributed by atoms with Gasteiger partial charge in [0.1, 0.15) is 0 Å². The summed E-state index contributed by atoms with van der Waals surface area (Å²) in [5, 5.41) is 3.95. The zero-order valence-electron chi connectivity index (χ0n) is 15.2. The van der Waals surface area contributed by atoms with E-state index in [-0.39, 0.29) is 5.91 Å². The second-order valence-corrected chi connectivity index (χ2v) is 6.89. The number of carbonyl (C=O) groups is 1. The number of rotatable bonds is 7. The van der Waals surface area contributed by atoms with Crippen LogP contribution in [0.4, 0.5) is 0 Å². The van der Waals surface area contributed by atoms with Gasteiger partial charge in [-0.15, -0.1) is 0 Å². The number of amides is 1. The van der Waals surface area contributed by atoms with Crippen molar-refractivity contribution in [1.29, 1.82) is 0 Å². The average molecular weight is 341 g/mol. The van der Waals surface area contributed by atoms with Crippen LogP contribution in [-0.4, -0.2) is 34.0 Å². The first-order valence-electron chi connectivity index (χ1n) is 9.32. The third-order valence-electron chi connectivity index (χ3n) is 4.93. The summed E-state index contributed by atoms with van der Waals surface area (Å²) in [5.74, 6) is 2.13. The molecular formula is C20H27N3O2. The molecule has 5 nitrogen and oxygen atoms in total. The molecule has 2 aromatic rings. The van der Waals surface area contributed by atoms with Crippen molar-refractivity contribution in [3.05, 3.63) is 47.1 Å². The molecule has 2 heterocycles. The molecule has 1 aromatic carbocycles. The van der Waals surface area contributed by atoms with Crippen molar-refractivity contribution in [1.82, 2.24) is 15.0 Å². The van der Waals surface area contributed by atoms with E-state index in [0.29, 0.717) is 24.7 Å². The Morgan fingerprint density at radius 1 is 1.32 bits per heavy atom. The Morgan fingerprint density at radius 2 is 2.16 bits per heavy atom. The second kappa shape index (κ2) is 8.28. The third-order valence-corrected chi connectivity index (χ3v) is 4.93. The maximum atomic E-state index is 12.5. The van der Waals surface area contributed by atoms with Gasteiger partial charge in [-0.1, -0.05) is 36.3 Å². The molecule has 0 aliphatic carbocycles. The van der Waals surface area contributed by atoms with Gasteiger partial charge >= 0.3 is 0 Å². The number of hydrogen-bond donors (Lipinski definition) is 0. The van der Waals surface area contributed by atoms with Crippen molar-refractivity contribution >= 4 is 5.91 Å². The second-order valence-electron chi connectivity index (χ2n) is 6.89. The molecule has 1 saturated heterocycles. The standard InChI is InChI=1S/C20H27N3O2/c1-3-7-18-21-19(25-22-18)10-6-11-20(24)23-13-12-16(14-23)17-9-5-4-8-15(17)2/h4-5,8-9,16H,3,6-7,10-14H2,1-2H3/t16-/m0/s1. The SMILES string of the molecule is CCCc1noc(CCCC(=O)N2CC[C@H](c3ccccc3C)C2)n1. The smallest absolute Gasteiger partial charge is 0.226 e. The Kier molecular flexibility index (Phi) is 5.84. The quantitative estimate of drug-likeness (QED) is 0.771. The van der Waals surface area contributed by atoms with E-state index >= 15 is 0 Å². The molecule has 1 amide bonds. The summed E-state index contributed by atoms with van der Waals surface area (Å²) in [7, 11) is 0. The normalized spacial score (nSPS) is 17.2. The molecular weight excluding hydrogens is 314 g/mol. The highest BCUT2D eigenvalue weighted by atomic mass is 16.5. The van der Waals surface area contributed by atoms with Crippen LogP contribution in [0, 0.1) is 6.92 Å². The molecule has 134 valence electrons. The highest BCUT2D eigenvalue weighted by Crippen LogP contribution is 2.29. The summed E-state index contributed by atoms with van der Waals surface area (Å²) >= 11 is 0. The average Bonchev–Trinajstić information content (AvgIpc) is 3.25. The van der Waals surface area contributed by atoms with Crippen molar-refractivity contribution in [2.24, 2.45) is 0 Å². The monoisotopic (exact) mass is 341 g/mol. The van der Waals surface area contributed by atoms with Crippen LogP contribution in [0.5, 0.6) is 0 Å². The third kappa shape index (κ3) is 4.47. The Balaban J connectivity index is 1.45. The number of hydrogen-bond acceptors (Lipinski definition) is 4. The molecule has 0 radical (unpaired) electrons. The van der Waals surface area contributed by atoms with E-state index < -0.39 is 0 Å². The number of benzene rings is 1. The first kappa shape index (κ1) is 17.6. The molecule has 5 heteroatoms. The molecule has 25 heavy (non-hydrogen) atoms. The van der Waals surface area contributed by atoms with Crippen LogP contribution in [0.1, 0.15) is 61.4 Å². The van der Waals surface area contributed by atoms with Crippen molar-refractivity contribution in [2.45, 2.75) is 58.3 Å². The summed E-state index contributed by atoms with van der Waals surface area (Å²) in [6.45, 7) is 5.94. The number of aryl methyl sites for hydroxylation is 3. The predicted octanol–water partition coefficient (Wildman–Crippen LogP) is 3.67. The van der Waals surface area contributed by atoms with Gasteiger partial charge in [0.2, 0.25) is 11.8 Å². The molecule has 1 fully saturated rings. The van der Waals surface area contributed by atoms with Gasteiger partial charge in [-0.25, -0.2) is 0 Å². The number of carbonyl (C=O) groups excluding carboxylic acids is 1. The molecule has 1 aromatic heterocycles. The molecule has 1 atom stereocenters. The Labute approximate surface area is 149 Å². The zero-order valence-corrected chi connectivity index (χ0v) is 15.2. The van der Waals surface area contributed by atoms with Crippen LogP contribution >= 0.6 is 0 Å². The predicted molar refractivity (Wildman–Crippen MR) is 96.3 cm³/mol. The highest BCUT2D eigenvalue weighted by molar-refractivity contribution is 5.76. The van der Waals surface area contributed by atoms with Crippen LogP contribution in [0.2, 0.25) is 0 Å². The number of aromatic nitrogens is 2. The minimum absolute atomic E-state index is 0.240. The van der Waals surface area contributed by atoms with Crippen LogP contribution in [0.25, 0.3) is 0 Å². The van der Waals surface area contributed by atoms with Crippen LogP contribution in [0.15, 0.2) is 28.8 Å². The molecule has 0 saturated carbocycles. The lowest BCUT2D eigenvalue weighted by molar-refractivity contribution is -0.130. The summed E-state index contributed by atoms with van der Waals surface area (Å²) in [6.07, 6.45) is 4.90. The molecule has 1 aliphatic heterocycles. The van der Waals surface area contributed by atoms with E-state index in [0.717, 1.165) is 44.6 Å². The van der Waals surface area contributed by atoms with Crippen LogP contribution in [-0.2, 0) is 17.6 Å². The maximum absolute atomic E-state index is 12.5. The first-order chi connectivity index (χ1) is 12.2. The van der Waals surface area contributed by atoms with Crippen LogP contribution < -0.4 is 0 Å². The van der Waals surface area contributed by atoms with Gasteiger partial charge in [-0.05, 0) is 37.3 Å². The Bertz CT molecular complexity index is 710. The van der Waals surface area contributed by atoms with Gasteiger partial charge in [0.15, 0.2) is 5.82 Å². The van der Waals surface area contributed by atoms with Gasteiger partial charge < -0.3 is 9.42 Å². The molecule has 0 N–H and O–H groups in total. The van der Waals surface area contributed by atoms with E-state index in [1.807, 2.05) is 4.90 Å². The molecule has 0 bridgehead atoms. The van der Waals surface area contributed by atoms with E-state index in [4.69, 9.17) is 4.52 Å². The molecule has 0 unspecified atom stereocenters. The van der Waals surface area contributed by atoms with Gasteiger partial charge in [0.25, 0.3) is 0 Å². The largest absolute Gasteiger partial charge is 0.342 e. The maximum Gasteiger partial charge on any atom is 0.226 e. The van der Waals surface area contributed by atoms with Crippen molar-refractivity contribution in [3.8, 4) is 0 Å². The molecule has 3 rings (SSSR count). The van der Waals surface area contributed by atoms with Gasteiger partial charge in [0.05, 0.1) is 0 Å². The van der Waals surface area contributed by atoms with Gasteiger partial charge in [-0.2, -0.15) is 4.98 Å². The van der Waals surface area contributed by atoms with E-state index in [9.17, 15) is 4.79 Å². The van der Waals surface area contributed by atoms with Crippen molar-refractivity contribution in [2.75, 3.05) is 13.1 Å². The van der Waals surface area contributed by atoms with E-state index in [2.05, 4.69) is 48.3 Å². The fourth-order valence-electron chi connectivity index (χ4n) is 3.55. The molecule has 1 aliphatic rings. The summed E-state index contributed by atoms with van der Waals surface area (Å²) in [4.78, 5) is 18.8. The summed E-state index contributed by atoms with van der Waals surface area (Å²) < 4.78 is 5.23. The lowest BCUT2D eigenvalue weighted by Gasteiger charge is -2.17. The van der Waals surface area contributed by atoms with Crippen molar-refractivity contribution < 1.29 is 9.32 Å². The summed E-state index contributed by atoms with van der Waals surface area (Å²) in [6, 6.07) is 8.50. The number of nitrogens with zero attached hydrogens (tertiary/aromatic N) is 3. The summed E-state index contributed by atoms with van der Waals surface area (Å²) in [5.41, 5.74) is 2.70. The lowest BCUT2D eigenvalue weighted by atomic mass is 9.94. The van der Waals surface area contributed by atoms with Crippen molar-refractivity contribution in [3.63, 3.8) is 0 Å². The van der Waals surface area contributed by atoms with Gasteiger partial charge in [0, 0.05) is 38.3 Å². The fourth-order valence-corrected chi connectivity index (χ4v) is 3.55. The first-order valence-corrected chi connectivity index (χ1v) is 9.32. The lowest BCUT2D eigenvalue weighted by Crippen LogP contribution is -2.28. The highest BCUT2D eigenvalue weighted by Gasteiger charge is 2.27.